The zero-order valence-corrected chi connectivity index (χ0v) is 23.9. The van der Waals surface area contributed by atoms with Crippen LogP contribution >= 0.6 is 0 Å². The quantitative estimate of drug-likeness (QED) is 0.111. The number of aryl methyl sites for hydroxylation is 1. The molecule has 232 valence electrons. The predicted molar refractivity (Wildman–Crippen MR) is 157 cm³/mol. The van der Waals surface area contributed by atoms with Gasteiger partial charge in [-0.15, -0.1) is 0 Å². The summed E-state index contributed by atoms with van der Waals surface area (Å²) >= 11 is 0. The van der Waals surface area contributed by atoms with E-state index in [1.54, 1.807) is 12.1 Å². The van der Waals surface area contributed by atoms with E-state index in [4.69, 9.17) is 0 Å². The molecular weight excluding hydrogens is 600 g/mol. The van der Waals surface area contributed by atoms with Crippen LogP contribution in [0.15, 0.2) is 91.0 Å². The average molecular weight is 627 g/mol. The third kappa shape index (κ3) is 7.03. The van der Waals surface area contributed by atoms with E-state index in [9.17, 15) is 17.6 Å². The van der Waals surface area contributed by atoms with E-state index in [0.29, 0.717) is 23.3 Å². The van der Waals surface area contributed by atoms with Crippen LogP contribution in [0.4, 0.5) is 35.1 Å². The van der Waals surface area contributed by atoms with Crippen molar-refractivity contribution < 1.29 is 39.9 Å². The maximum Gasteiger partial charge on any atom is 0.429 e. The first-order chi connectivity index (χ1) is 21.5. The number of benzene rings is 5. The Kier molecular flexibility index (Phi) is 9.27. The van der Waals surface area contributed by atoms with Gasteiger partial charge in [0.1, 0.15) is 29.0 Å². The zero-order chi connectivity index (χ0) is 32.3. The number of rotatable bonds is 10. The van der Waals surface area contributed by atoms with Gasteiger partial charge in [0.2, 0.25) is 0 Å². The molecule has 0 N–H and O–H groups in total. The maximum atomic E-state index is 15.0. The summed E-state index contributed by atoms with van der Waals surface area (Å²) < 4.78 is 121. The van der Waals surface area contributed by atoms with Gasteiger partial charge in [-0.1, -0.05) is 68.3 Å². The molecule has 0 atom stereocenters. The first-order valence-electron chi connectivity index (χ1n) is 14.2. The molecule has 0 bridgehead atoms. The summed E-state index contributed by atoms with van der Waals surface area (Å²) in [4.78, 5) is 0. The second kappa shape index (κ2) is 13.1. The van der Waals surface area contributed by atoms with Crippen LogP contribution in [0.3, 0.4) is 0 Å². The highest BCUT2D eigenvalue weighted by Crippen LogP contribution is 2.38. The smallest absolute Gasteiger partial charge is 0.429 e. The summed E-state index contributed by atoms with van der Waals surface area (Å²) in [5, 5.41) is 0. The number of unbranched alkanes of at least 4 members (excludes halogenated alkanes) is 2. The Hall–Kier alpha value is -4.66. The molecule has 0 aliphatic heterocycles. The van der Waals surface area contributed by atoms with Gasteiger partial charge in [0.05, 0.1) is 11.1 Å². The lowest BCUT2D eigenvalue weighted by Crippen LogP contribution is -2.23. The molecule has 9 heteroatoms. The monoisotopic (exact) mass is 626 g/mol. The predicted octanol–water partition coefficient (Wildman–Crippen LogP) is 11.4. The molecule has 0 unspecified atom stereocenters. The Labute approximate surface area is 254 Å². The molecular formula is C36H26F8O. The normalized spacial score (nSPS) is 11.6. The van der Waals surface area contributed by atoms with Gasteiger partial charge < -0.3 is 4.74 Å². The van der Waals surface area contributed by atoms with Crippen LogP contribution in [0, 0.1) is 34.9 Å². The second-order valence-corrected chi connectivity index (χ2v) is 10.6. The summed E-state index contributed by atoms with van der Waals surface area (Å²) in [6.07, 6.45) is -0.167. The van der Waals surface area contributed by atoms with Crippen LogP contribution in [0.1, 0.15) is 37.3 Å². The lowest BCUT2D eigenvalue weighted by atomic mass is 9.98. The van der Waals surface area contributed by atoms with Crippen molar-refractivity contribution in [2.75, 3.05) is 0 Å². The van der Waals surface area contributed by atoms with Gasteiger partial charge in [-0.2, -0.15) is 8.78 Å². The fourth-order valence-electron chi connectivity index (χ4n) is 5.03. The third-order valence-electron chi connectivity index (χ3n) is 7.39. The van der Waals surface area contributed by atoms with Crippen molar-refractivity contribution in [3.05, 3.63) is 137 Å². The van der Waals surface area contributed by atoms with Gasteiger partial charge in [0.15, 0.2) is 11.6 Å². The van der Waals surface area contributed by atoms with E-state index in [1.165, 1.54) is 6.07 Å². The van der Waals surface area contributed by atoms with Crippen molar-refractivity contribution in [2.45, 2.75) is 38.7 Å². The van der Waals surface area contributed by atoms with Gasteiger partial charge in [-0.3, -0.25) is 0 Å². The van der Waals surface area contributed by atoms with Crippen LogP contribution in [-0.2, 0) is 12.5 Å². The lowest BCUT2D eigenvalue weighted by Gasteiger charge is -2.20. The van der Waals surface area contributed by atoms with Crippen LogP contribution in [0.25, 0.3) is 33.4 Å². The minimum absolute atomic E-state index is 0.0131. The second-order valence-electron chi connectivity index (χ2n) is 10.6. The Morgan fingerprint density at radius 1 is 0.533 bits per heavy atom. The fourth-order valence-corrected chi connectivity index (χ4v) is 5.03. The SMILES string of the molecule is CCCCCc1ccc(-c2ccc(C(F)(F)Oc3cc(F)c(-c4ccc(-c5ccc(F)c(F)c5)c(F)c4)c(F)c3)c(F)c2)cc1. The number of alkyl halides is 2. The fraction of sp³-hybridized carbons (Fsp3) is 0.167. The summed E-state index contributed by atoms with van der Waals surface area (Å²) in [6, 6.07) is 17.1. The van der Waals surface area contributed by atoms with Crippen LogP contribution in [0.2, 0.25) is 0 Å². The van der Waals surface area contributed by atoms with Crippen molar-refractivity contribution in [2.24, 2.45) is 0 Å². The van der Waals surface area contributed by atoms with E-state index in [1.807, 2.05) is 12.1 Å². The van der Waals surface area contributed by atoms with E-state index in [-0.39, 0.29) is 16.7 Å². The van der Waals surface area contributed by atoms with Crippen LogP contribution in [-0.4, -0.2) is 0 Å². The summed E-state index contributed by atoms with van der Waals surface area (Å²) in [7, 11) is 0. The molecule has 0 amide bonds. The van der Waals surface area contributed by atoms with E-state index >= 15 is 17.6 Å². The van der Waals surface area contributed by atoms with Gasteiger partial charge >= 0.3 is 6.11 Å². The molecule has 0 fully saturated rings. The van der Waals surface area contributed by atoms with Crippen molar-refractivity contribution >= 4 is 0 Å². The Balaban J connectivity index is 1.35. The first kappa shape index (κ1) is 31.8. The van der Waals surface area contributed by atoms with Gasteiger partial charge in [0.25, 0.3) is 0 Å². The van der Waals surface area contributed by atoms with Crippen molar-refractivity contribution in [1.82, 2.24) is 0 Å². The molecule has 0 heterocycles. The molecule has 0 aromatic heterocycles. The molecule has 0 saturated heterocycles. The van der Waals surface area contributed by atoms with Gasteiger partial charge in [0, 0.05) is 17.7 Å². The van der Waals surface area contributed by atoms with Gasteiger partial charge in [-0.05, 0) is 71.0 Å². The highest BCUT2D eigenvalue weighted by atomic mass is 19.3. The molecule has 0 aliphatic carbocycles. The summed E-state index contributed by atoms with van der Waals surface area (Å²) in [5.41, 5.74) is -0.252. The molecule has 0 saturated carbocycles. The van der Waals surface area contributed by atoms with E-state index in [2.05, 4.69) is 11.7 Å². The van der Waals surface area contributed by atoms with Crippen molar-refractivity contribution in [1.29, 1.82) is 0 Å². The standard InChI is InChI=1S/C36H26F8O/c1-2-3-4-5-21-6-8-22(9-7-21)23-11-14-28(31(39)16-23)36(43,44)45-26-19-33(41)35(34(42)20-26)25-10-13-27(30(38)18-25)24-12-15-29(37)32(40)17-24/h6-20H,2-5H2,1H3. The molecule has 0 radical (unpaired) electrons. The van der Waals surface area contributed by atoms with Crippen molar-refractivity contribution in [3.8, 4) is 39.1 Å². The Bertz CT molecular complexity index is 1810. The molecule has 0 aliphatic rings. The summed E-state index contributed by atoms with van der Waals surface area (Å²) in [5.74, 6) is -8.25. The maximum absolute atomic E-state index is 15.0. The Morgan fingerprint density at radius 3 is 1.76 bits per heavy atom. The third-order valence-corrected chi connectivity index (χ3v) is 7.39. The van der Waals surface area contributed by atoms with Crippen LogP contribution < -0.4 is 4.74 Å². The van der Waals surface area contributed by atoms with Crippen molar-refractivity contribution in [3.63, 3.8) is 0 Å². The van der Waals surface area contributed by atoms with Gasteiger partial charge in [-0.25, -0.2) is 26.3 Å². The molecule has 1 nitrogen and oxygen atoms in total. The number of halogens is 8. The largest absolute Gasteiger partial charge is 0.429 e. The first-order valence-corrected chi connectivity index (χ1v) is 14.2. The minimum atomic E-state index is -4.30. The zero-order valence-electron chi connectivity index (χ0n) is 23.9. The highest BCUT2D eigenvalue weighted by molar-refractivity contribution is 5.72. The van der Waals surface area contributed by atoms with E-state index < -0.39 is 57.9 Å². The molecule has 5 aromatic rings. The lowest BCUT2D eigenvalue weighted by molar-refractivity contribution is -0.187. The number of hydrogen-bond donors (Lipinski definition) is 0. The highest BCUT2D eigenvalue weighted by Gasteiger charge is 2.38. The average Bonchev–Trinajstić information content (AvgIpc) is 2.98. The number of hydrogen-bond acceptors (Lipinski definition) is 1. The molecule has 5 aromatic carbocycles. The minimum Gasteiger partial charge on any atom is -0.429 e. The molecule has 45 heavy (non-hydrogen) atoms. The topological polar surface area (TPSA) is 9.23 Å². The van der Waals surface area contributed by atoms with Crippen LogP contribution in [0.5, 0.6) is 5.75 Å². The number of ether oxygens (including phenoxy) is 1. The molecule has 0 spiro atoms. The Morgan fingerprint density at radius 2 is 1.13 bits per heavy atom. The summed E-state index contributed by atoms with van der Waals surface area (Å²) in [6.45, 7) is 2.11. The molecule has 5 rings (SSSR count). The van der Waals surface area contributed by atoms with E-state index in [0.717, 1.165) is 79.8 Å².